The Bertz CT molecular complexity index is 582. The molecule has 2 aromatic rings. The maximum absolute atomic E-state index is 11.9. The molecule has 1 atom stereocenters. The van der Waals surface area contributed by atoms with Crippen LogP contribution in [-0.2, 0) is 4.79 Å². The van der Waals surface area contributed by atoms with Crippen LogP contribution in [0.15, 0.2) is 24.4 Å². The minimum absolute atomic E-state index is 0.0646. The first-order valence-electron chi connectivity index (χ1n) is 6.35. The first-order chi connectivity index (χ1) is 8.86. The van der Waals surface area contributed by atoms with E-state index in [4.69, 9.17) is 5.73 Å². The summed E-state index contributed by atoms with van der Waals surface area (Å²) < 4.78 is 0. The van der Waals surface area contributed by atoms with E-state index in [1.165, 1.54) is 0 Å². The maximum Gasteiger partial charge on any atom is 0.225 e. The second kappa shape index (κ2) is 5.01. The van der Waals surface area contributed by atoms with Gasteiger partial charge in [0.1, 0.15) is 0 Å². The number of nitrogens with zero attached hydrogens (tertiary/aromatic N) is 1. The monoisotopic (exact) mass is 260 g/mol. The molecule has 1 aromatic carbocycles. The van der Waals surface area contributed by atoms with Gasteiger partial charge in [0.15, 0.2) is 0 Å². The van der Waals surface area contributed by atoms with Gasteiger partial charge < -0.3 is 11.1 Å². The normalized spacial score (nSPS) is 13.5. The number of amides is 1. The molecule has 0 radical (unpaired) electrons. The topological polar surface area (TPSA) is 83.8 Å². The van der Waals surface area contributed by atoms with Crippen LogP contribution in [0.25, 0.3) is 10.9 Å². The number of rotatable bonds is 3. The number of aromatic nitrogens is 2. The van der Waals surface area contributed by atoms with Crippen molar-refractivity contribution in [1.29, 1.82) is 0 Å². The third-order valence-corrected chi connectivity index (χ3v) is 3.24. The van der Waals surface area contributed by atoms with E-state index >= 15 is 0 Å². The van der Waals surface area contributed by atoms with Crippen LogP contribution in [0.1, 0.15) is 27.2 Å². The number of H-pyrrole nitrogens is 1. The van der Waals surface area contributed by atoms with Crippen molar-refractivity contribution in [2.24, 2.45) is 11.1 Å². The van der Waals surface area contributed by atoms with E-state index in [0.717, 1.165) is 16.6 Å². The number of carbonyl (C=O) groups is 1. The van der Waals surface area contributed by atoms with E-state index in [-0.39, 0.29) is 17.4 Å². The van der Waals surface area contributed by atoms with Gasteiger partial charge in [-0.05, 0) is 23.6 Å². The highest BCUT2D eigenvalue weighted by Crippen LogP contribution is 2.21. The molecule has 5 heteroatoms. The fourth-order valence-electron chi connectivity index (χ4n) is 1.74. The highest BCUT2D eigenvalue weighted by Gasteiger charge is 2.23. The second-order valence-electron chi connectivity index (χ2n) is 5.90. The number of benzene rings is 1. The number of nitrogens with two attached hydrogens (primary N) is 1. The fourth-order valence-corrected chi connectivity index (χ4v) is 1.74. The Morgan fingerprint density at radius 3 is 2.89 bits per heavy atom. The zero-order valence-electron chi connectivity index (χ0n) is 11.5. The average Bonchev–Trinajstić information content (AvgIpc) is 2.74. The zero-order valence-corrected chi connectivity index (χ0v) is 11.5. The standard InChI is InChI=1S/C14H20N4O/c1-14(2,3)12(15)7-13(19)17-10-4-5-11-9(6-10)8-16-18-11/h4-6,8,12H,7,15H2,1-3H3,(H,16,18)(H,17,19). The van der Waals surface area contributed by atoms with E-state index in [9.17, 15) is 4.79 Å². The quantitative estimate of drug-likeness (QED) is 0.791. The molecule has 0 aliphatic rings. The van der Waals surface area contributed by atoms with E-state index in [1.807, 2.05) is 39.0 Å². The van der Waals surface area contributed by atoms with Gasteiger partial charge in [-0.2, -0.15) is 5.10 Å². The van der Waals surface area contributed by atoms with E-state index in [2.05, 4.69) is 15.5 Å². The summed E-state index contributed by atoms with van der Waals surface area (Å²) in [7, 11) is 0. The molecule has 1 aromatic heterocycles. The maximum atomic E-state index is 11.9. The van der Waals surface area contributed by atoms with Gasteiger partial charge in [0, 0.05) is 23.5 Å². The van der Waals surface area contributed by atoms with Crippen molar-refractivity contribution in [2.75, 3.05) is 5.32 Å². The number of fused-ring (bicyclic) bond motifs is 1. The summed E-state index contributed by atoms with van der Waals surface area (Å²) in [4.78, 5) is 11.9. The summed E-state index contributed by atoms with van der Waals surface area (Å²) in [6.45, 7) is 6.09. The minimum atomic E-state index is -0.162. The highest BCUT2D eigenvalue weighted by molar-refractivity contribution is 5.93. The van der Waals surface area contributed by atoms with Crippen LogP contribution in [0.3, 0.4) is 0 Å². The Morgan fingerprint density at radius 1 is 1.47 bits per heavy atom. The average molecular weight is 260 g/mol. The molecule has 0 saturated heterocycles. The van der Waals surface area contributed by atoms with Gasteiger partial charge in [0.25, 0.3) is 0 Å². The predicted octanol–water partition coefficient (Wildman–Crippen LogP) is 2.26. The molecule has 0 fully saturated rings. The summed E-state index contributed by atoms with van der Waals surface area (Å²) in [5.74, 6) is -0.0646. The smallest absolute Gasteiger partial charge is 0.225 e. The minimum Gasteiger partial charge on any atom is -0.327 e. The zero-order chi connectivity index (χ0) is 14.0. The summed E-state index contributed by atoms with van der Waals surface area (Å²) in [6.07, 6.45) is 2.04. The van der Waals surface area contributed by atoms with Gasteiger partial charge in [0.05, 0.1) is 11.7 Å². The van der Waals surface area contributed by atoms with Gasteiger partial charge in [-0.1, -0.05) is 20.8 Å². The molecule has 102 valence electrons. The van der Waals surface area contributed by atoms with Crippen LogP contribution < -0.4 is 11.1 Å². The highest BCUT2D eigenvalue weighted by atomic mass is 16.1. The Hall–Kier alpha value is -1.88. The molecular weight excluding hydrogens is 240 g/mol. The number of aromatic amines is 1. The molecular formula is C14H20N4O. The number of carbonyl (C=O) groups excluding carboxylic acids is 1. The predicted molar refractivity (Wildman–Crippen MR) is 76.8 cm³/mol. The van der Waals surface area contributed by atoms with E-state index < -0.39 is 0 Å². The van der Waals surface area contributed by atoms with Crippen molar-refractivity contribution in [3.63, 3.8) is 0 Å². The molecule has 1 heterocycles. The van der Waals surface area contributed by atoms with Crippen LogP contribution in [0.4, 0.5) is 5.69 Å². The molecule has 4 N–H and O–H groups in total. The molecule has 0 bridgehead atoms. The lowest BCUT2D eigenvalue weighted by molar-refractivity contribution is -0.117. The van der Waals surface area contributed by atoms with Crippen molar-refractivity contribution >= 4 is 22.5 Å². The van der Waals surface area contributed by atoms with Gasteiger partial charge in [-0.25, -0.2) is 0 Å². The van der Waals surface area contributed by atoms with Crippen LogP contribution in [0.2, 0.25) is 0 Å². The SMILES string of the molecule is CC(C)(C)C(N)CC(=O)Nc1ccc2[nH]ncc2c1. The second-order valence-corrected chi connectivity index (χ2v) is 5.90. The van der Waals surface area contributed by atoms with Crippen LogP contribution in [0.5, 0.6) is 0 Å². The number of hydrogen-bond donors (Lipinski definition) is 3. The van der Waals surface area contributed by atoms with Crippen molar-refractivity contribution < 1.29 is 4.79 Å². The van der Waals surface area contributed by atoms with Gasteiger partial charge in [-0.3, -0.25) is 9.89 Å². The van der Waals surface area contributed by atoms with Gasteiger partial charge in [-0.15, -0.1) is 0 Å². The van der Waals surface area contributed by atoms with Crippen molar-refractivity contribution in [2.45, 2.75) is 33.2 Å². The number of anilines is 1. The Balaban J connectivity index is 2.02. The lowest BCUT2D eigenvalue weighted by Gasteiger charge is -2.26. The molecule has 0 spiro atoms. The third kappa shape index (κ3) is 3.32. The third-order valence-electron chi connectivity index (χ3n) is 3.24. The number of hydrogen-bond acceptors (Lipinski definition) is 3. The Kier molecular flexibility index (Phi) is 3.57. The molecule has 0 aliphatic carbocycles. The van der Waals surface area contributed by atoms with Crippen LogP contribution >= 0.6 is 0 Å². The molecule has 0 aliphatic heterocycles. The Morgan fingerprint density at radius 2 is 2.21 bits per heavy atom. The molecule has 0 saturated carbocycles. The van der Waals surface area contributed by atoms with Crippen molar-refractivity contribution in [3.8, 4) is 0 Å². The number of nitrogens with one attached hydrogen (secondary N) is 2. The Labute approximate surface area is 112 Å². The molecule has 1 unspecified atom stereocenters. The van der Waals surface area contributed by atoms with Crippen LogP contribution in [0, 0.1) is 5.41 Å². The first kappa shape index (κ1) is 13.5. The molecule has 1 amide bonds. The largest absolute Gasteiger partial charge is 0.327 e. The van der Waals surface area contributed by atoms with E-state index in [0.29, 0.717) is 6.42 Å². The van der Waals surface area contributed by atoms with Gasteiger partial charge in [0.2, 0.25) is 5.91 Å². The van der Waals surface area contributed by atoms with Gasteiger partial charge >= 0.3 is 0 Å². The van der Waals surface area contributed by atoms with Crippen molar-refractivity contribution in [3.05, 3.63) is 24.4 Å². The first-order valence-corrected chi connectivity index (χ1v) is 6.35. The van der Waals surface area contributed by atoms with Crippen LogP contribution in [-0.4, -0.2) is 22.1 Å². The summed E-state index contributed by atoms with van der Waals surface area (Å²) in [5, 5.41) is 10.7. The summed E-state index contributed by atoms with van der Waals surface area (Å²) >= 11 is 0. The van der Waals surface area contributed by atoms with Crippen molar-refractivity contribution in [1.82, 2.24) is 10.2 Å². The lowest BCUT2D eigenvalue weighted by atomic mass is 9.85. The molecule has 19 heavy (non-hydrogen) atoms. The van der Waals surface area contributed by atoms with E-state index in [1.54, 1.807) is 6.20 Å². The lowest BCUT2D eigenvalue weighted by Crippen LogP contribution is -2.38. The summed E-state index contributed by atoms with van der Waals surface area (Å²) in [6, 6.07) is 5.47. The molecule has 5 nitrogen and oxygen atoms in total. The summed E-state index contributed by atoms with van der Waals surface area (Å²) in [5.41, 5.74) is 7.64. The fraction of sp³-hybridized carbons (Fsp3) is 0.429. The molecule has 2 rings (SSSR count).